The molecule has 2 aromatic carbocycles. The molecule has 25 heavy (non-hydrogen) atoms. The number of nitrogens with one attached hydrogen (secondary N) is 1. The van der Waals surface area contributed by atoms with E-state index in [1.54, 1.807) is 38.2 Å². The molecule has 3 aromatic rings. The molecule has 0 aliphatic carbocycles. The molecule has 1 heterocycles. The SMILES string of the molecule is CC(C)Oc1ccc(C(=O)Nc2cccc3c(Cl)ccnc23)cc1F. The van der Waals surface area contributed by atoms with Crippen LogP contribution in [-0.2, 0) is 0 Å². The maximum absolute atomic E-state index is 14.1. The molecule has 4 nitrogen and oxygen atoms in total. The second-order valence-electron chi connectivity index (χ2n) is 5.76. The molecule has 6 heteroatoms. The smallest absolute Gasteiger partial charge is 0.255 e. The average molecular weight is 359 g/mol. The summed E-state index contributed by atoms with van der Waals surface area (Å²) >= 11 is 6.15. The first kappa shape index (κ1) is 17.2. The molecule has 0 atom stereocenters. The van der Waals surface area contributed by atoms with Gasteiger partial charge in [0.15, 0.2) is 11.6 Å². The zero-order valence-electron chi connectivity index (χ0n) is 13.7. The van der Waals surface area contributed by atoms with E-state index in [1.165, 1.54) is 12.1 Å². The van der Waals surface area contributed by atoms with Crippen molar-refractivity contribution in [2.75, 3.05) is 5.32 Å². The largest absolute Gasteiger partial charge is 0.488 e. The molecular formula is C19H16ClFN2O2. The number of rotatable bonds is 4. The summed E-state index contributed by atoms with van der Waals surface area (Å²) in [6, 6.07) is 11.1. The molecule has 0 saturated heterocycles. The molecule has 0 aliphatic rings. The average Bonchev–Trinajstić information content (AvgIpc) is 2.57. The number of ether oxygens (including phenoxy) is 1. The number of benzene rings is 2. The van der Waals surface area contributed by atoms with Crippen LogP contribution >= 0.6 is 11.6 Å². The first-order chi connectivity index (χ1) is 12.0. The Morgan fingerprint density at radius 3 is 2.76 bits per heavy atom. The number of aromatic nitrogens is 1. The lowest BCUT2D eigenvalue weighted by molar-refractivity contribution is 0.102. The highest BCUT2D eigenvalue weighted by Crippen LogP contribution is 2.27. The molecule has 0 saturated carbocycles. The van der Waals surface area contributed by atoms with Crippen molar-refractivity contribution in [3.8, 4) is 5.75 Å². The van der Waals surface area contributed by atoms with Gasteiger partial charge in [0, 0.05) is 17.1 Å². The third-order valence-electron chi connectivity index (χ3n) is 3.52. The van der Waals surface area contributed by atoms with Crippen LogP contribution in [0.3, 0.4) is 0 Å². The molecule has 0 fully saturated rings. The summed E-state index contributed by atoms with van der Waals surface area (Å²) < 4.78 is 19.4. The van der Waals surface area contributed by atoms with Gasteiger partial charge in [0.2, 0.25) is 0 Å². The molecule has 1 amide bonds. The van der Waals surface area contributed by atoms with E-state index in [-0.39, 0.29) is 17.4 Å². The van der Waals surface area contributed by atoms with E-state index in [2.05, 4.69) is 10.3 Å². The van der Waals surface area contributed by atoms with Gasteiger partial charge < -0.3 is 10.1 Å². The fraction of sp³-hybridized carbons (Fsp3) is 0.158. The van der Waals surface area contributed by atoms with Gasteiger partial charge in [-0.3, -0.25) is 9.78 Å². The van der Waals surface area contributed by atoms with Crippen molar-refractivity contribution in [2.45, 2.75) is 20.0 Å². The molecule has 128 valence electrons. The Labute approximate surface area is 149 Å². The molecule has 1 N–H and O–H groups in total. The lowest BCUT2D eigenvalue weighted by Crippen LogP contribution is -2.13. The number of hydrogen-bond donors (Lipinski definition) is 1. The van der Waals surface area contributed by atoms with Gasteiger partial charge >= 0.3 is 0 Å². The molecule has 3 rings (SSSR count). The highest BCUT2D eigenvalue weighted by Gasteiger charge is 2.13. The number of anilines is 1. The molecule has 0 unspecified atom stereocenters. The normalized spacial score (nSPS) is 10.9. The highest BCUT2D eigenvalue weighted by molar-refractivity contribution is 6.35. The van der Waals surface area contributed by atoms with E-state index >= 15 is 0 Å². The minimum Gasteiger partial charge on any atom is -0.488 e. The van der Waals surface area contributed by atoms with Crippen LogP contribution in [0.5, 0.6) is 5.75 Å². The standard InChI is InChI=1S/C19H16ClFN2O2/c1-11(2)25-17-7-6-12(10-15(17)21)19(24)23-16-5-3-4-13-14(20)8-9-22-18(13)16/h3-11H,1-2H3,(H,23,24). The topological polar surface area (TPSA) is 51.2 Å². The maximum Gasteiger partial charge on any atom is 0.255 e. The second-order valence-corrected chi connectivity index (χ2v) is 6.17. The summed E-state index contributed by atoms with van der Waals surface area (Å²) in [5, 5.41) is 4.02. The maximum atomic E-state index is 14.1. The highest BCUT2D eigenvalue weighted by atomic mass is 35.5. The van der Waals surface area contributed by atoms with Gasteiger partial charge in [0.25, 0.3) is 5.91 Å². The fourth-order valence-electron chi connectivity index (χ4n) is 2.43. The van der Waals surface area contributed by atoms with Crippen molar-refractivity contribution in [1.29, 1.82) is 0 Å². The Balaban J connectivity index is 1.88. The number of halogens is 2. The van der Waals surface area contributed by atoms with Crippen molar-refractivity contribution >= 4 is 34.1 Å². The van der Waals surface area contributed by atoms with Crippen LogP contribution in [0.4, 0.5) is 10.1 Å². The number of hydrogen-bond acceptors (Lipinski definition) is 3. The molecular weight excluding hydrogens is 343 g/mol. The van der Waals surface area contributed by atoms with Crippen molar-refractivity contribution in [3.63, 3.8) is 0 Å². The van der Waals surface area contributed by atoms with Crippen LogP contribution in [-0.4, -0.2) is 17.0 Å². The van der Waals surface area contributed by atoms with Crippen molar-refractivity contribution in [2.24, 2.45) is 0 Å². The van der Waals surface area contributed by atoms with Gasteiger partial charge in [0.1, 0.15) is 0 Å². The van der Waals surface area contributed by atoms with E-state index in [4.69, 9.17) is 16.3 Å². The van der Waals surface area contributed by atoms with Crippen molar-refractivity contribution in [3.05, 3.63) is 65.1 Å². The van der Waals surface area contributed by atoms with Gasteiger partial charge in [-0.15, -0.1) is 0 Å². The molecule has 0 spiro atoms. The predicted octanol–water partition coefficient (Wildman–Crippen LogP) is 5.07. The van der Waals surface area contributed by atoms with E-state index in [9.17, 15) is 9.18 Å². The first-order valence-corrected chi connectivity index (χ1v) is 8.14. The van der Waals surface area contributed by atoms with Crippen LogP contribution in [0.2, 0.25) is 5.02 Å². The van der Waals surface area contributed by atoms with Gasteiger partial charge in [-0.05, 0) is 44.2 Å². The van der Waals surface area contributed by atoms with Crippen LogP contribution in [0, 0.1) is 5.82 Å². The van der Waals surface area contributed by atoms with Gasteiger partial charge in [-0.1, -0.05) is 23.7 Å². The number of pyridine rings is 1. The third-order valence-corrected chi connectivity index (χ3v) is 3.85. The zero-order valence-corrected chi connectivity index (χ0v) is 14.5. The van der Waals surface area contributed by atoms with Gasteiger partial charge in [0.05, 0.1) is 22.3 Å². The van der Waals surface area contributed by atoms with E-state index in [0.717, 1.165) is 11.5 Å². The van der Waals surface area contributed by atoms with E-state index in [0.29, 0.717) is 16.2 Å². The summed E-state index contributed by atoms with van der Waals surface area (Å²) in [7, 11) is 0. The number of fused-ring (bicyclic) bond motifs is 1. The Morgan fingerprint density at radius 1 is 1.24 bits per heavy atom. The fourth-order valence-corrected chi connectivity index (χ4v) is 2.64. The predicted molar refractivity (Wildman–Crippen MR) is 96.9 cm³/mol. The Bertz CT molecular complexity index is 944. The zero-order chi connectivity index (χ0) is 18.0. The van der Waals surface area contributed by atoms with Crippen molar-refractivity contribution < 1.29 is 13.9 Å². The summed E-state index contributed by atoms with van der Waals surface area (Å²) in [5.41, 5.74) is 1.27. The Kier molecular flexibility index (Phi) is 4.86. The summed E-state index contributed by atoms with van der Waals surface area (Å²) in [6.07, 6.45) is 1.42. The van der Waals surface area contributed by atoms with Crippen LogP contribution in [0.25, 0.3) is 10.9 Å². The van der Waals surface area contributed by atoms with Crippen LogP contribution < -0.4 is 10.1 Å². The van der Waals surface area contributed by atoms with Crippen molar-refractivity contribution in [1.82, 2.24) is 4.98 Å². The summed E-state index contributed by atoms with van der Waals surface area (Å²) in [5.74, 6) is -0.908. The van der Waals surface area contributed by atoms with Gasteiger partial charge in [-0.25, -0.2) is 4.39 Å². The summed E-state index contributed by atoms with van der Waals surface area (Å²) in [4.78, 5) is 16.7. The lowest BCUT2D eigenvalue weighted by atomic mass is 10.1. The number of carbonyl (C=O) groups is 1. The monoisotopic (exact) mass is 358 g/mol. The Morgan fingerprint density at radius 2 is 2.04 bits per heavy atom. The molecule has 0 radical (unpaired) electrons. The molecule has 0 aliphatic heterocycles. The number of para-hydroxylation sites is 1. The van der Waals surface area contributed by atoms with E-state index in [1.807, 2.05) is 6.07 Å². The number of amides is 1. The van der Waals surface area contributed by atoms with E-state index < -0.39 is 11.7 Å². The molecule has 0 bridgehead atoms. The number of nitrogens with zero attached hydrogens (tertiary/aromatic N) is 1. The second kappa shape index (κ2) is 7.07. The third kappa shape index (κ3) is 3.72. The van der Waals surface area contributed by atoms with Gasteiger partial charge in [-0.2, -0.15) is 0 Å². The Hall–Kier alpha value is -2.66. The summed E-state index contributed by atoms with van der Waals surface area (Å²) in [6.45, 7) is 3.61. The minimum absolute atomic E-state index is 0.116. The number of carbonyl (C=O) groups excluding carboxylic acids is 1. The molecule has 1 aromatic heterocycles. The quantitative estimate of drug-likeness (QED) is 0.708. The minimum atomic E-state index is -0.583. The van der Waals surface area contributed by atoms with Crippen LogP contribution in [0.1, 0.15) is 24.2 Å². The lowest BCUT2D eigenvalue weighted by Gasteiger charge is -2.12. The van der Waals surface area contributed by atoms with Crippen LogP contribution in [0.15, 0.2) is 48.7 Å². The first-order valence-electron chi connectivity index (χ1n) is 7.76.